The first-order valence-corrected chi connectivity index (χ1v) is 8.25. The zero-order valence-corrected chi connectivity index (χ0v) is 14.1. The molecular weight excluding hydrogens is 377 g/mol. The number of hydrogen-bond acceptors (Lipinski definition) is 3. The van der Waals surface area contributed by atoms with Crippen molar-refractivity contribution in [2.45, 2.75) is 13.0 Å². The first kappa shape index (κ1) is 15.3. The van der Waals surface area contributed by atoms with Gasteiger partial charge in [0.2, 0.25) is 0 Å². The Labute approximate surface area is 145 Å². The third-order valence-corrected chi connectivity index (χ3v) is 4.86. The van der Waals surface area contributed by atoms with Gasteiger partial charge in [0.15, 0.2) is 0 Å². The van der Waals surface area contributed by atoms with E-state index in [9.17, 15) is 14.4 Å². The van der Waals surface area contributed by atoms with Crippen molar-refractivity contribution in [3.8, 4) is 0 Å². The summed E-state index contributed by atoms with van der Waals surface area (Å²) in [7, 11) is 0. The van der Waals surface area contributed by atoms with Crippen LogP contribution in [-0.4, -0.2) is 32.3 Å². The summed E-state index contributed by atoms with van der Waals surface area (Å²) < 4.78 is 15.9. The van der Waals surface area contributed by atoms with Crippen molar-refractivity contribution in [2.75, 3.05) is 6.54 Å². The number of benzene rings is 1. The van der Waals surface area contributed by atoms with Gasteiger partial charge in [-0.25, -0.2) is 14.4 Å². The number of amides is 1. The number of nitrogens with zero attached hydrogens (tertiary/aromatic N) is 3. The van der Waals surface area contributed by atoms with Gasteiger partial charge in [0, 0.05) is 22.6 Å². The summed E-state index contributed by atoms with van der Waals surface area (Å²) in [6.07, 6.45) is 4.12. The van der Waals surface area contributed by atoms with Gasteiger partial charge in [0.05, 0.1) is 18.3 Å². The summed E-state index contributed by atoms with van der Waals surface area (Å²) in [5, 5.41) is 11.2. The summed E-state index contributed by atoms with van der Waals surface area (Å²) >= 11 is 3.56. The smallest absolute Gasteiger partial charge is 0.296 e. The average Bonchev–Trinajstić information content (AvgIpc) is 2.89. The van der Waals surface area contributed by atoms with Gasteiger partial charge in [-0.3, -0.25) is 10.0 Å². The highest BCUT2D eigenvalue weighted by molar-refractivity contribution is 9.10. The van der Waals surface area contributed by atoms with Crippen LogP contribution in [0.4, 0.5) is 4.39 Å². The Morgan fingerprint density at radius 2 is 2.04 bits per heavy atom. The van der Waals surface area contributed by atoms with Gasteiger partial charge < -0.3 is 4.57 Å². The van der Waals surface area contributed by atoms with E-state index in [0.717, 1.165) is 26.5 Å². The molecule has 1 aromatic carbocycles. The molecule has 4 rings (SSSR count). The second kappa shape index (κ2) is 5.68. The van der Waals surface area contributed by atoms with Gasteiger partial charge in [-0.15, -0.1) is 0 Å². The molecular formula is C17H13BrFN3O2. The van der Waals surface area contributed by atoms with E-state index in [2.05, 4.69) is 20.9 Å². The highest BCUT2D eigenvalue weighted by Crippen LogP contribution is 2.33. The molecule has 1 amide bonds. The van der Waals surface area contributed by atoms with Crippen LogP contribution in [0.2, 0.25) is 0 Å². The van der Waals surface area contributed by atoms with E-state index in [1.165, 1.54) is 12.1 Å². The van der Waals surface area contributed by atoms with Crippen LogP contribution in [0.1, 0.15) is 21.6 Å². The van der Waals surface area contributed by atoms with Gasteiger partial charge in [0.1, 0.15) is 11.5 Å². The van der Waals surface area contributed by atoms with Crippen LogP contribution in [0.15, 0.2) is 41.1 Å². The largest absolute Gasteiger partial charge is 0.341 e. The zero-order chi connectivity index (χ0) is 16.8. The molecule has 0 saturated heterocycles. The second-order valence-electron chi connectivity index (χ2n) is 5.76. The number of halogens is 2. The molecule has 1 aliphatic heterocycles. The third kappa shape index (κ3) is 2.40. The predicted molar refractivity (Wildman–Crippen MR) is 89.5 cm³/mol. The quantitative estimate of drug-likeness (QED) is 0.683. The molecule has 0 unspecified atom stereocenters. The predicted octanol–water partition coefficient (Wildman–Crippen LogP) is 3.37. The van der Waals surface area contributed by atoms with Crippen LogP contribution in [0.5, 0.6) is 0 Å². The lowest BCUT2D eigenvalue weighted by atomic mass is 10.0. The molecule has 1 aliphatic rings. The Morgan fingerprint density at radius 1 is 1.29 bits per heavy atom. The fraction of sp³-hybridized carbons (Fsp3) is 0.176. The van der Waals surface area contributed by atoms with Crippen molar-refractivity contribution in [3.63, 3.8) is 0 Å². The molecule has 0 saturated carbocycles. The first-order chi connectivity index (χ1) is 11.5. The first-order valence-electron chi connectivity index (χ1n) is 7.46. The monoisotopic (exact) mass is 389 g/mol. The van der Waals surface area contributed by atoms with Crippen molar-refractivity contribution in [1.82, 2.24) is 14.6 Å². The van der Waals surface area contributed by atoms with Crippen molar-refractivity contribution in [1.29, 1.82) is 0 Å². The molecule has 3 heterocycles. The lowest BCUT2D eigenvalue weighted by Gasteiger charge is -2.22. The van der Waals surface area contributed by atoms with E-state index in [1.807, 2.05) is 10.8 Å². The molecule has 7 heteroatoms. The molecule has 3 aromatic rings. The van der Waals surface area contributed by atoms with Crippen molar-refractivity contribution < 1.29 is 14.4 Å². The highest BCUT2D eigenvalue weighted by atomic mass is 79.9. The Balaban J connectivity index is 1.82. The Kier molecular flexibility index (Phi) is 3.62. The SMILES string of the molecule is O=C1c2ncc3c(c(Br)cn3Cc3ccc(F)cc3)c2CCN1O. The Bertz CT molecular complexity index is 953. The molecule has 122 valence electrons. The number of pyridine rings is 1. The standard InChI is InChI=1S/C17H13BrFN3O2/c18-13-9-21(8-10-1-3-11(19)4-2-10)14-7-20-16-12(15(13)14)5-6-22(24)17(16)23/h1-4,7,9,24H,5-6,8H2. The molecule has 2 aromatic heterocycles. The van der Waals surface area contributed by atoms with Gasteiger partial charge in [-0.05, 0) is 45.6 Å². The molecule has 24 heavy (non-hydrogen) atoms. The minimum absolute atomic E-state index is 0.252. The van der Waals surface area contributed by atoms with Crippen LogP contribution < -0.4 is 0 Å². The summed E-state index contributed by atoms with van der Waals surface area (Å²) in [6, 6.07) is 6.36. The second-order valence-corrected chi connectivity index (χ2v) is 6.61. The topological polar surface area (TPSA) is 58.4 Å². The molecule has 0 spiro atoms. The van der Waals surface area contributed by atoms with Crippen LogP contribution in [-0.2, 0) is 13.0 Å². The lowest BCUT2D eigenvalue weighted by Crippen LogP contribution is -2.35. The molecule has 5 nitrogen and oxygen atoms in total. The maximum atomic E-state index is 13.1. The lowest BCUT2D eigenvalue weighted by molar-refractivity contribution is -0.0606. The number of aromatic nitrogens is 2. The maximum absolute atomic E-state index is 13.1. The molecule has 0 atom stereocenters. The van der Waals surface area contributed by atoms with Gasteiger partial charge in [-0.1, -0.05) is 12.1 Å². The number of hydrogen-bond donors (Lipinski definition) is 1. The van der Waals surface area contributed by atoms with E-state index in [0.29, 0.717) is 18.0 Å². The average molecular weight is 390 g/mol. The van der Waals surface area contributed by atoms with E-state index in [4.69, 9.17) is 0 Å². The summed E-state index contributed by atoms with van der Waals surface area (Å²) in [6.45, 7) is 0.825. The molecule has 0 aliphatic carbocycles. The van der Waals surface area contributed by atoms with Crippen LogP contribution in [0, 0.1) is 5.82 Å². The van der Waals surface area contributed by atoms with E-state index >= 15 is 0 Å². The zero-order valence-electron chi connectivity index (χ0n) is 12.5. The van der Waals surface area contributed by atoms with E-state index in [1.54, 1.807) is 18.3 Å². The van der Waals surface area contributed by atoms with Crippen LogP contribution in [0.3, 0.4) is 0 Å². The number of fused-ring (bicyclic) bond motifs is 3. The number of hydroxylamine groups is 2. The third-order valence-electron chi connectivity index (χ3n) is 4.25. The van der Waals surface area contributed by atoms with E-state index < -0.39 is 5.91 Å². The van der Waals surface area contributed by atoms with Gasteiger partial charge in [-0.2, -0.15) is 0 Å². The molecule has 1 N–H and O–H groups in total. The number of carbonyl (C=O) groups is 1. The number of rotatable bonds is 2. The van der Waals surface area contributed by atoms with E-state index in [-0.39, 0.29) is 18.1 Å². The normalized spacial score (nSPS) is 14.3. The Hall–Kier alpha value is -2.25. The van der Waals surface area contributed by atoms with Gasteiger partial charge >= 0.3 is 0 Å². The summed E-state index contributed by atoms with van der Waals surface area (Å²) in [4.78, 5) is 16.3. The van der Waals surface area contributed by atoms with Crippen LogP contribution >= 0.6 is 15.9 Å². The summed E-state index contributed by atoms with van der Waals surface area (Å²) in [5.74, 6) is -0.739. The molecule has 0 fully saturated rings. The fourth-order valence-corrected chi connectivity index (χ4v) is 3.77. The van der Waals surface area contributed by atoms with Crippen molar-refractivity contribution in [3.05, 3.63) is 63.8 Å². The Morgan fingerprint density at radius 3 is 2.79 bits per heavy atom. The minimum atomic E-state index is -0.476. The number of carbonyl (C=O) groups excluding carboxylic acids is 1. The minimum Gasteiger partial charge on any atom is -0.341 e. The van der Waals surface area contributed by atoms with Crippen molar-refractivity contribution >= 4 is 32.7 Å². The van der Waals surface area contributed by atoms with Gasteiger partial charge in [0.25, 0.3) is 5.91 Å². The molecule has 0 radical (unpaired) electrons. The summed E-state index contributed by atoms with van der Waals surface area (Å²) in [5.41, 5.74) is 2.99. The fourth-order valence-electron chi connectivity index (χ4n) is 3.08. The highest BCUT2D eigenvalue weighted by Gasteiger charge is 2.28. The molecule has 0 bridgehead atoms. The van der Waals surface area contributed by atoms with Crippen LogP contribution in [0.25, 0.3) is 10.9 Å². The van der Waals surface area contributed by atoms with Crippen molar-refractivity contribution in [2.24, 2.45) is 0 Å². The maximum Gasteiger partial charge on any atom is 0.296 e.